The normalized spacial score (nSPS) is 17.6. The Morgan fingerprint density at radius 1 is 1.29 bits per heavy atom. The van der Waals surface area contributed by atoms with Crippen LogP contribution < -0.4 is 0 Å². The van der Waals surface area contributed by atoms with E-state index in [0.29, 0.717) is 18.4 Å². The second kappa shape index (κ2) is 7.08. The number of rotatable bonds is 7. The summed E-state index contributed by atoms with van der Waals surface area (Å²) < 4.78 is 0. The van der Waals surface area contributed by atoms with Gasteiger partial charge in [-0.1, -0.05) is 44.2 Å². The maximum Gasteiger partial charge on any atom is 0.226 e. The fraction of sp³-hybridized carbons (Fsp3) is 0.611. The van der Waals surface area contributed by atoms with Crippen LogP contribution in [0.5, 0.6) is 0 Å². The first-order valence-corrected chi connectivity index (χ1v) is 7.96. The van der Waals surface area contributed by atoms with Gasteiger partial charge in [-0.25, -0.2) is 0 Å². The van der Waals surface area contributed by atoms with Gasteiger partial charge >= 0.3 is 0 Å². The van der Waals surface area contributed by atoms with Crippen LogP contribution in [0.15, 0.2) is 30.3 Å². The number of hydrogen-bond donors (Lipinski definition) is 1. The van der Waals surface area contributed by atoms with Gasteiger partial charge in [0, 0.05) is 19.5 Å². The summed E-state index contributed by atoms with van der Waals surface area (Å²) in [7, 11) is 1.81. The molecule has 116 valence electrons. The van der Waals surface area contributed by atoms with Crippen LogP contribution in [-0.4, -0.2) is 35.6 Å². The van der Waals surface area contributed by atoms with Gasteiger partial charge < -0.3 is 10.0 Å². The van der Waals surface area contributed by atoms with E-state index >= 15 is 0 Å². The van der Waals surface area contributed by atoms with Gasteiger partial charge in [0.15, 0.2) is 0 Å². The third-order valence-corrected chi connectivity index (χ3v) is 4.42. The Hall–Kier alpha value is -1.35. The second-order valence-corrected chi connectivity index (χ2v) is 6.66. The van der Waals surface area contributed by atoms with Gasteiger partial charge in [0.05, 0.1) is 6.10 Å². The molecule has 1 fully saturated rings. The average Bonchev–Trinajstić information content (AvgIpc) is 3.29. The van der Waals surface area contributed by atoms with Crippen LogP contribution in [-0.2, 0) is 11.2 Å². The summed E-state index contributed by atoms with van der Waals surface area (Å²) in [5.74, 6) is 0.822. The zero-order chi connectivity index (χ0) is 15.4. The molecule has 3 heteroatoms. The van der Waals surface area contributed by atoms with Gasteiger partial charge in [-0.3, -0.25) is 4.79 Å². The predicted octanol–water partition coefficient (Wildman–Crippen LogP) is 2.73. The minimum absolute atomic E-state index is 0.0243. The first-order chi connectivity index (χ1) is 9.99. The minimum Gasteiger partial charge on any atom is -0.391 e. The molecule has 1 saturated carbocycles. The summed E-state index contributed by atoms with van der Waals surface area (Å²) in [6.07, 6.45) is 2.60. The van der Waals surface area contributed by atoms with E-state index in [0.717, 1.165) is 19.3 Å². The van der Waals surface area contributed by atoms with E-state index in [1.807, 2.05) is 25.2 Å². The number of carbonyl (C=O) groups excluding carboxylic acids is 1. The quantitative estimate of drug-likeness (QED) is 0.838. The standard InChI is InChI=1S/C18H27NO2/c1-13(2)16(11-14-7-5-4-6-8-14)18(21)19(3)12-17(20)15-9-10-15/h4-8,13,15-17,20H,9-12H2,1-3H3. The molecule has 0 aromatic heterocycles. The fourth-order valence-electron chi connectivity index (χ4n) is 2.76. The van der Waals surface area contributed by atoms with Crippen molar-refractivity contribution >= 4 is 5.91 Å². The highest BCUT2D eigenvalue weighted by atomic mass is 16.3. The van der Waals surface area contributed by atoms with E-state index in [4.69, 9.17) is 0 Å². The van der Waals surface area contributed by atoms with Crippen molar-refractivity contribution in [3.8, 4) is 0 Å². The van der Waals surface area contributed by atoms with Crippen LogP contribution in [0, 0.1) is 17.8 Å². The lowest BCUT2D eigenvalue weighted by atomic mass is 9.88. The number of hydrogen-bond acceptors (Lipinski definition) is 2. The Morgan fingerprint density at radius 2 is 1.90 bits per heavy atom. The summed E-state index contributed by atoms with van der Waals surface area (Å²) in [4.78, 5) is 14.4. The van der Waals surface area contributed by atoms with E-state index in [1.165, 1.54) is 5.56 Å². The van der Waals surface area contributed by atoms with Crippen molar-refractivity contribution in [2.75, 3.05) is 13.6 Å². The summed E-state index contributed by atoms with van der Waals surface area (Å²) in [5.41, 5.74) is 1.20. The van der Waals surface area contributed by atoms with Gasteiger partial charge in [0.1, 0.15) is 0 Å². The molecule has 0 aliphatic heterocycles. The summed E-state index contributed by atoms with van der Waals surface area (Å²) >= 11 is 0. The molecule has 2 atom stereocenters. The molecular weight excluding hydrogens is 262 g/mol. The Balaban J connectivity index is 1.97. The lowest BCUT2D eigenvalue weighted by Gasteiger charge is -2.28. The predicted molar refractivity (Wildman–Crippen MR) is 84.8 cm³/mol. The molecule has 0 spiro atoms. The lowest BCUT2D eigenvalue weighted by Crippen LogP contribution is -2.41. The van der Waals surface area contributed by atoms with Crippen LogP contribution in [0.25, 0.3) is 0 Å². The molecular formula is C18H27NO2. The van der Waals surface area contributed by atoms with Gasteiger partial charge in [-0.15, -0.1) is 0 Å². The molecule has 1 aromatic rings. The Kier molecular flexibility index (Phi) is 5.40. The highest BCUT2D eigenvalue weighted by Crippen LogP contribution is 2.33. The monoisotopic (exact) mass is 289 g/mol. The van der Waals surface area contributed by atoms with Crippen LogP contribution >= 0.6 is 0 Å². The summed E-state index contributed by atoms with van der Waals surface area (Å²) in [6.45, 7) is 4.65. The van der Waals surface area contributed by atoms with Gasteiger partial charge in [-0.2, -0.15) is 0 Å². The van der Waals surface area contributed by atoms with Crippen LogP contribution in [0.2, 0.25) is 0 Å². The maximum atomic E-state index is 12.7. The van der Waals surface area contributed by atoms with E-state index in [1.54, 1.807) is 4.90 Å². The van der Waals surface area contributed by atoms with Crippen LogP contribution in [0.4, 0.5) is 0 Å². The topological polar surface area (TPSA) is 40.5 Å². The smallest absolute Gasteiger partial charge is 0.226 e. The Labute approximate surface area is 128 Å². The van der Waals surface area contributed by atoms with Gasteiger partial charge in [0.25, 0.3) is 0 Å². The van der Waals surface area contributed by atoms with Gasteiger partial charge in [-0.05, 0) is 36.7 Å². The fourth-order valence-corrected chi connectivity index (χ4v) is 2.76. The molecule has 1 aliphatic carbocycles. The summed E-state index contributed by atoms with van der Waals surface area (Å²) in [6, 6.07) is 10.2. The SMILES string of the molecule is CC(C)C(Cc1ccccc1)C(=O)N(C)CC(O)C1CC1. The number of nitrogens with zero attached hydrogens (tertiary/aromatic N) is 1. The summed E-state index contributed by atoms with van der Waals surface area (Å²) in [5, 5.41) is 10.0. The molecule has 3 nitrogen and oxygen atoms in total. The van der Waals surface area contributed by atoms with Crippen molar-refractivity contribution in [1.29, 1.82) is 0 Å². The molecule has 2 unspecified atom stereocenters. The Morgan fingerprint density at radius 3 is 2.43 bits per heavy atom. The molecule has 21 heavy (non-hydrogen) atoms. The third kappa shape index (κ3) is 4.57. The molecule has 1 N–H and O–H groups in total. The highest BCUT2D eigenvalue weighted by Gasteiger charge is 2.33. The van der Waals surface area contributed by atoms with E-state index in [9.17, 15) is 9.90 Å². The van der Waals surface area contributed by atoms with Crippen molar-refractivity contribution in [3.05, 3.63) is 35.9 Å². The first-order valence-electron chi connectivity index (χ1n) is 7.96. The lowest BCUT2D eigenvalue weighted by molar-refractivity contribution is -0.137. The maximum absolute atomic E-state index is 12.7. The van der Waals surface area contributed by atoms with E-state index in [2.05, 4.69) is 26.0 Å². The van der Waals surface area contributed by atoms with Crippen molar-refractivity contribution in [3.63, 3.8) is 0 Å². The van der Waals surface area contributed by atoms with E-state index in [-0.39, 0.29) is 17.9 Å². The van der Waals surface area contributed by atoms with E-state index < -0.39 is 0 Å². The largest absolute Gasteiger partial charge is 0.391 e. The number of likely N-dealkylation sites (N-methyl/N-ethyl adjacent to an activating group) is 1. The molecule has 0 bridgehead atoms. The average molecular weight is 289 g/mol. The third-order valence-electron chi connectivity index (χ3n) is 4.42. The number of carbonyl (C=O) groups is 1. The number of amides is 1. The van der Waals surface area contributed by atoms with Crippen molar-refractivity contribution in [2.24, 2.45) is 17.8 Å². The van der Waals surface area contributed by atoms with Gasteiger partial charge in [0.2, 0.25) is 5.91 Å². The van der Waals surface area contributed by atoms with Crippen molar-refractivity contribution in [1.82, 2.24) is 4.90 Å². The second-order valence-electron chi connectivity index (χ2n) is 6.66. The minimum atomic E-state index is -0.358. The molecule has 0 heterocycles. The zero-order valence-corrected chi connectivity index (χ0v) is 13.3. The zero-order valence-electron chi connectivity index (χ0n) is 13.3. The molecule has 1 aromatic carbocycles. The van der Waals surface area contributed by atoms with Crippen LogP contribution in [0.3, 0.4) is 0 Å². The number of aliphatic hydroxyl groups excluding tert-OH is 1. The first kappa shape index (κ1) is 16.0. The molecule has 1 aliphatic rings. The molecule has 0 saturated heterocycles. The van der Waals surface area contributed by atoms with Crippen molar-refractivity contribution < 1.29 is 9.90 Å². The van der Waals surface area contributed by atoms with Crippen molar-refractivity contribution in [2.45, 2.75) is 39.2 Å². The molecule has 1 amide bonds. The van der Waals surface area contributed by atoms with Crippen LogP contribution in [0.1, 0.15) is 32.3 Å². The Bertz CT molecular complexity index is 454. The number of benzene rings is 1. The number of aliphatic hydroxyl groups is 1. The molecule has 0 radical (unpaired) electrons. The molecule has 2 rings (SSSR count). The highest BCUT2D eigenvalue weighted by molar-refractivity contribution is 5.79.